The third-order valence-corrected chi connectivity index (χ3v) is 4.51. The van der Waals surface area contributed by atoms with Crippen LogP contribution in [0.1, 0.15) is 0 Å². The molecule has 8 heteroatoms. The second-order valence-corrected chi connectivity index (χ2v) is 6.39. The van der Waals surface area contributed by atoms with Crippen LogP contribution in [0.2, 0.25) is 0 Å². The van der Waals surface area contributed by atoms with Gasteiger partial charge in [-0.1, -0.05) is 23.4 Å². The van der Waals surface area contributed by atoms with E-state index < -0.39 is 0 Å². The van der Waals surface area contributed by atoms with E-state index in [0.29, 0.717) is 29.7 Å². The second-order valence-electron chi connectivity index (χ2n) is 6.39. The summed E-state index contributed by atoms with van der Waals surface area (Å²) in [5.41, 5.74) is 1.74. The minimum atomic E-state index is -0.269. The van der Waals surface area contributed by atoms with E-state index in [-0.39, 0.29) is 18.0 Å². The number of benzene rings is 2. The van der Waals surface area contributed by atoms with Crippen LogP contribution >= 0.6 is 0 Å². The molecule has 0 bridgehead atoms. The fourth-order valence-corrected chi connectivity index (χ4v) is 3.11. The molecule has 4 aromatic rings. The van der Waals surface area contributed by atoms with Crippen molar-refractivity contribution in [3.05, 3.63) is 65.1 Å². The predicted molar refractivity (Wildman–Crippen MR) is 106 cm³/mol. The number of amides is 1. The van der Waals surface area contributed by atoms with Crippen LogP contribution in [-0.4, -0.2) is 39.2 Å². The summed E-state index contributed by atoms with van der Waals surface area (Å²) < 4.78 is 8.12. The van der Waals surface area contributed by atoms with Crippen LogP contribution in [0.15, 0.2) is 59.5 Å². The SMILES string of the molecule is COCCn1nnc2ccc(NC(=O)Cn3ccc4ccccc43)cc2c1=O. The average molecular weight is 377 g/mol. The molecule has 1 N–H and O–H groups in total. The number of fused-ring (bicyclic) bond motifs is 2. The highest BCUT2D eigenvalue weighted by molar-refractivity contribution is 5.94. The normalized spacial score (nSPS) is 11.2. The Kier molecular flexibility index (Phi) is 4.86. The molecule has 0 radical (unpaired) electrons. The molecule has 1 amide bonds. The van der Waals surface area contributed by atoms with Crippen molar-refractivity contribution < 1.29 is 9.53 Å². The number of aromatic nitrogens is 4. The number of carbonyl (C=O) groups is 1. The summed E-state index contributed by atoms with van der Waals surface area (Å²) in [6, 6.07) is 14.9. The third-order valence-electron chi connectivity index (χ3n) is 4.51. The lowest BCUT2D eigenvalue weighted by atomic mass is 10.2. The van der Waals surface area contributed by atoms with E-state index in [1.54, 1.807) is 25.3 Å². The molecule has 0 spiro atoms. The van der Waals surface area contributed by atoms with Crippen LogP contribution in [-0.2, 0) is 22.6 Å². The third kappa shape index (κ3) is 3.49. The number of ether oxygens (including phenoxy) is 1. The minimum absolute atomic E-state index is 0.178. The molecule has 4 rings (SSSR count). The van der Waals surface area contributed by atoms with Gasteiger partial charge in [-0.05, 0) is 35.7 Å². The Morgan fingerprint density at radius 3 is 2.89 bits per heavy atom. The molecule has 0 saturated heterocycles. The van der Waals surface area contributed by atoms with Crippen LogP contribution in [0.4, 0.5) is 5.69 Å². The number of para-hydroxylation sites is 1. The maximum absolute atomic E-state index is 12.6. The van der Waals surface area contributed by atoms with Gasteiger partial charge in [0.15, 0.2) is 0 Å². The number of carbonyl (C=O) groups excluding carboxylic acids is 1. The van der Waals surface area contributed by atoms with E-state index in [2.05, 4.69) is 15.6 Å². The Morgan fingerprint density at radius 2 is 2.04 bits per heavy atom. The summed E-state index contributed by atoms with van der Waals surface area (Å²) in [6.45, 7) is 0.856. The van der Waals surface area contributed by atoms with Crippen molar-refractivity contribution in [3.8, 4) is 0 Å². The molecular weight excluding hydrogens is 358 g/mol. The average Bonchev–Trinajstić information content (AvgIpc) is 3.11. The number of methoxy groups -OCH3 is 1. The molecule has 2 aromatic heterocycles. The molecule has 0 unspecified atom stereocenters. The van der Waals surface area contributed by atoms with Crippen molar-refractivity contribution >= 4 is 33.4 Å². The maximum Gasteiger partial charge on any atom is 0.277 e. The fraction of sp³-hybridized carbons (Fsp3) is 0.200. The molecule has 8 nitrogen and oxygen atoms in total. The van der Waals surface area contributed by atoms with Gasteiger partial charge in [-0.15, -0.1) is 5.10 Å². The van der Waals surface area contributed by atoms with E-state index >= 15 is 0 Å². The highest BCUT2D eigenvalue weighted by atomic mass is 16.5. The number of nitrogens with zero attached hydrogens (tertiary/aromatic N) is 4. The van der Waals surface area contributed by atoms with Gasteiger partial charge in [-0.25, -0.2) is 4.68 Å². The summed E-state index contributed by atoms with van der Waals surface area (Å²) in [5.74, 6) is -0.178. The first-order valence-electron chi connectivity index (χ1n) is 8.86. The van der Waals surface area contributed by atoms with Gasteiger partial charge in [0.2, 0.25) is 5.91 Å². The van der Waals surface area contributed by atoms with E-state index in [4.69, 9.17) is 4.74 Å². The van der Waals surface area contributed by atoms with Crippen molar-refractivity contribution in [2.45, 2.75) is 13.1 Å². The summed E-state index contributed by atoms with van der Waals surface area (Å²) in [4.78, 5) is 25.1. The maximum atomic E-state index is 12.6. The summed E-state index contributed by atoms with van der Waals surface area (Å²) in [6.07, 6.45) is 1.88. The highest BCUT2D eigenvalue weighted by Gasteiger charge is 2.10. The number of hydrogen-bond acceptors (Lipinski definition) is 5. The smallest absolute Gasteiger partial charge is 0.277 e. The summed E-state index contributed by atoms with van der Waals surface area (Å²) in [5, 5.41) is 12.3. The Balaban J connectivity index is 1.56. The molecule has 0 aliphatic heterocycles. The lowest BCUT2D eigenvalue weighted by Crippen LogP contribution is -2.26. The van der Waals surface area contributed by atoms with Crippen molar-refractivity contribution in [3.63, 3.8) is 0 Å². The van der Waals surface area contributed by atoms with Crippen molar-refractivity contribution in [1.29, 1.82) is 0 Å². The largest absolute Gasteiger partial charge is 0.383 e. The minimum Gasteiger partial charge on any atom is -0.383 e. The van der Waals surface area contributed by atoms with Crippen LogP contribution in [0, 0.1) is 0 Å². The Hall–Kier alpha value is -3.52. The van der Waals surface area contributed by atoms with Gasteiger partial charge in [-0.2, -0.15) is 0 Å². The second kappa shape index (κ2) is 7.61. The first-order valence-corrected chi connectivity index (χ1v) is 8.86. The zero-order valence-corrected chi connectivity index (χ0v) is 15.3. The van der Waals surface area contributed by atoms with Crippen molar-refractivity contribution in [2.24, 2.45) is 0 Å². The van der Waals surface area contributed by atoms with Crippen LogP contribution in [0.5, 0.6) is 0 Å². The molecule has 0 aliphatic carbocycles. The molecule has 0 atom stereocenters. The highest BCUT2D eigenvalue weighted by Crippen LogP contribution is 2.16. The predicted octanol–water partition coefficient (Wildman–Crippen LogP) is 2.03. The summed E-state index contributed by atoms with van der Waals surface area (Å²) >= 11 is 0. The number of rotatable bonds is 6. The van der Waals surface area contributed by atoms with Gasteiger partial charge >= 0.3 is 0 Å². The standard InChI is InChI=1S/C20H19N5O3/c1-28-11-10-25-20(27)16-12-15(6-7-17(16)22-23-25)21-19(26)13-24-9-8-14-4-2-3-5-18(14)24/h2-9,12H,10-11,13H2,1H3,(H,21,26). The fourth-order valence-electron chi connectivity index (χ4n) is 3.11. The van der Waals surface area contributed by atoms with Crippen molar-refractivity contribution in [1.82, 2.24) is 19.6 Å². The topological polar surface area (TPSA) is 91.0 Å². The Labute approximate surface area is 160 Å². The number of nitrogens with one attached hydrogen (secondary N) is 1. The zero-order chi connectivity index (χ0) is 19.5. The molecule has 142 valence electrons. The van der Waals surface area contributed by atoms with Gasteiger partial charge in [0.05, 0.1) is 18.5 Å². The van der Waals surface area contributed by atoms with Gasteiger partial charge in [0.25, 0.3) is 5.56 Å². The molecule has 28 heavy (non-hydrogen) atoms. The van der Waals surface area contributed by atoms with E-state index in [0.717, 1.165) is 10.9 Å². The number of anilines is 1. The van der Waals surface area contributed by atoms with Crippen LogP contribution in [0.25, 0.3) is 21.8 Å². The quantitative estimate of drug-likeness (QED) is 0.555. The molecular formula is C20H19N5O3. The lowest BCUT2D eigenvalue weighted by molar-refractivity contribution is -0.116. The van der Waals surface area contributed by atoms with Gasteiger partial charge < -0.3 is 14.6 Å². The lowest BCUT2D eigenvalue weighted by Gasteiger charge is -2.09. The van der Waals surface area contributed by atoms with E-state index in [1.165, 1.54) is 4.68 Å². The van der Waals surface area contributed by atoms with Gasteiger partial charge in [0.1, 0.15) is 12.1 Å². The molecule has 0 saturated carbocycles. The Bertz CT molecular complexity index is 1210. The van der Waals surface area contributed by atoms with Gasteiger partial charge in [0, 0.05) is 24.5 Å². The molecule has 2 heterocycles. The van der Waals surface area contributed by atoms with Crippen molar-refractivity contribution in [2.75, 3.05) is 19.0 Å². The molecule has 2 aromatic carbocycles. The van der Waals surface area contributed by atoms with Crippen LogP contribution < -0.4 is 10.9 Å². The van der Waals surface area contributed by atoms with Crippen LogP contribution in [0.3, 0.4) is 0 Å². The molecule has 0 fully saturated rings. The number of hydrogen-bond donors (Lipinski definition) is 1. The monoisotopic (exact) mass is 377 g/mol. The zero-order valence-electron chi connectivity index (χ0n) is 15.3. The first kappa shape index (κ1) is 17.9. The molecule has 0 aliphatic rings. The summed E-state index contributed by atoms with van der Waals surface area (Å²) in [7, 11) is 1.56. The van der Waals surface area contributed by atoms with E-state index in [9.17, 15) is 9.59 Å². The van der Waals surface area contributed by atoms with Gasteiger partial charge in [-0.3, -0.25) is 9.59 Å². The van der Waals surface area contributed by atoms with E-state index in [1.807, 2.05) is 41.1 Å². The Morgan fingerprint density at radius 1 is 1.18 bits per heavy atom. The first-order chi connectivity index (χ1) is 13.7.